The molecule has 0 aliphatic rings. The summed E-state index contributed by atoms with van der Waals surface area (Å²) in [6, 6.07) is 0. The minimum Gasteiger partial charge on any atom is -0.298 e. The number of rotatable bonds is 28. The molecule has 0 rings (SSSR count). The van der Waals surface area contributed by atoms with Crippen molar-refractivity contribution in [3.8, 4) is 0 Å². The minimum absolute atomic E-state index is 0.382. The van der Waals surface area contributed by atoms with Crippen LogP contribution in [0.2, 0.25) is 0 Å². The molecule has 0 atom stereocenters. The molecule has 0 aliphatic carbocycles. The molecule has 0 N–H and O–H groups in total. The lowest BCUT2D eigenvalue weighted by Gasteiger charge is -2.39. The van der Waals surface area contributed by atoms with E-state index in [-0.39, 0.29) is 0 Å². The third kappa shape index (κ3) is 22.4. The fraction of sp³-hybridized carbons (Fsp3) is 1.00. The van der Waals surface area contributed by atoms with Crippen LogP contribution in [-0.4, -0.2) is 23.5 Å². The van der Waals surface area contributed by atoms with Gasteiger partial charge in [0.2, 0.25) is 0 Å². The lowest BCUT2D eigenvalue weighted by molar-refractivity contribution is 0.103. The maximum absolute atomic E-state index is 2.87. The van der Waals surface area contributed by atoms with Gasteiger partial charge in [-0.1, -0.05) is 162 Å². The van der Waals surface area contributed by atoms with E-state index in [0.29, 0.717) is 5.54 Å². The molecule has 0 aliphatic heterocycles. The van der Waals surface area contributed by atoms with Gasteiger partial charge in [-0.3, -0.25) is 4.90 Å². The topological polar surface area (TPSA) is 3.24 Å². The molecule has 0 aromatic heterocycles. The molecule has 0 heterocycles. The van der Waals surface area contributed by atoms with E-state index in [2.05, 4.69) is 39.5 Å². The number of nitrogens with zero attached hydrogens (tertiary/aromatic N) is 1. The third-order valence-corrected chi connectivity index (χ3v) is 8.06. The first-order valence-corrected chi connectivity index (χ1v) is 16.3. The van der Waals surface area contributed by atoms with Crippen LogP contribution in [0.15, 0.2) is 0 Å². The lowest BCUT2D eigenvalue weighted by atomic mass is 9.94. The lowest BCUT2D eigenvalue weighted by Crippen LogP contribution is -2.45. The highest BCUT2D eigenvalue weighted by atomic mass is 15.2. The van der Waals surface area contributed by atoms with Gasteiger partial charge < -0.3 is 0 Å². The van der Waals surface area contributed by atoms with Crippen molar-refractivity contribution in [2.75, 3.05) is 13.1 Å². The first kappa shape index (κ1) is 34.0. The molecular formula is C33H69N. The fourth-order valence-corrected chi connectivity index (χ4v) is 5.42. The monoisotopic (exact) mass is 480 g/mol. The molecule has 0 radical (unpaired) electrons. The first-order valence-electron chi connectivity index (χ1n) is 16.3. The van der Waals surface area contributed by atoms with Gasteiger partial charge >= 0.3 is 0 Å². The summed E-state index contributed by atoms with van der Waals surface area (Å²) in [6.45, 7) is 14.6. The van der Waals surface area contributed by atoms with E-state index in [1.807, 2.05) is 0 Å². The molecule has 0 unspecified atom stereocenters. The van der Waals surface area contributed by atoms with Crippen LogP contribution in [0.1, 0.15) is 195 Å². The zero-order valence-electron chi connectivity index (χ0n) is 25.0. The molecule has 0 saturated carbocycles. The van der Waals surface area contributed by atoms with Gasteiger partial charge in [-0.25, -0.2) is 0 Å². The Morgan fingerprint density at radius 3 is 0.912 bits per heavy atom. The quantitative estimate of drug-likeness (QED) is 0.101. The van der Waals surface area contributed by atoms with E-state index in [4.69, 9.17) is 0 Å². The molecular weight excluding hydrogens is 410 g/mol. The standard InChI is InChI=1S/C33H69N/c1-6-9-12-14-16-18-20-22-24-26-28-31-34(33(4,5)30-11-8-3)32-29-27-25-23-21-19-17-15-13-10-7-2/h6-32H2,1-5H3. The normalized spacial score (nSPS) is 12.2. The summed E-state index contributed by atoms with van der Waals surface area (Å²) in [5, 5.41) is 0. The average molecular weight is 480 g/mol. The smallest absolute Gasteiger partial charge is 0.0153 e. The van der Waals surface area contributed by atoms with Crippen LogP contribution in [0.5, 0.6) is 0 Å². The highest BCUT2D eigenvalue weighted by molar-refractivity contribution is 4.81. The van der Waals surface area contributed by atoms with E-state index in [9.17, 15) is 0 Å². The van der Waals surface area contributed by atoms with Crippen molar-refractivity contribution >= 4 is 0 Å². The average Bonchev–Trinajstić information content (AvgIpc) is 2.83. The van der Waals surface area contributed by atoms with Gasteiger partial charge in [-0.05, 0) is 46.2 Å². The van der Waals surface area contributed by atoms with Crippen LogP contribution in [0.3, 0.4) is 0 Å². The van der Waals surface area contributed by atoms with E-state index < -0.39 is 0 Å². The van der Waals surface area contributed by atoms with Crippen LogP contribution in [-0.2, 0) is 0 Å². The largest absolute Gasteiger partial charge is 0.298 e. The fourth-order valence-electron chi connectivity index (χ4n) is 5.42. The van der Waals surface area contributed by atoms with Crippen LogP contribution in [0, 0.1) is 0 Å². The van der Waals surface area contributed by atoms with Gasteiger partial charge in [0.25, 0.3) is 0 Å². The van der Waals surface area contributed by atoms with Crippen molar-refractivity contribution in [3.63, 3.8) is 0 Å². The first-order chi connectivity index (χ1) is 16.6. The number of unbranched alkanes of at least 4 members (excludes halogenated alkanes) is 21. The highest BCUT2D eigenvalue weighted by Crippen LogP contribution is 2.24. The molecule has 206 valence electrons. The SMILES string of the molecule is CCCCCCCCCCCCCN(CCCCCCCCCCCCC)C(C)(C)CCCC. The Morgan fingerprint density at radius 2 is 0.618 bits per heavy atom. The Morgan fingerprint density at radius 1 is 0.353 bits per heavy atom. The van der Waals surface area contributed by atoms with Crippen molar-refractivity contribution in [3.05, 3.63) is 0 Å². The molecule has 0 saturated heterocycles. The second-order valence-corrected chi connectivity index (χ2v) is 12.0. The molecule has 0 aromatic carbocycles. The van der Waals surface area contributed by atoms with Crippen molar-refractivity contribution in [2.45, 2.75) is 201 Å². The Hall–Kier alpha value is -0.0400. The second-order valence-electron chi connectivity index (χ2n) is 12.0. The number of hydrogen-bond acceptors (Lipinski definition) is 1. The summed E-state index contributed by atoms with van der Waals surface area (Å²) >= 11 is 0. The second kappa shape index (κ2) is 26.0. The van der Waals surface area contributed by atoms with Gasteiger partial charge in [0.1, 0.15) is 0 Å². The summed E-state index contributed by atoms with van der Waals surface area (Å²) < 4.78 is 0. The van der Waals surface area contributed by atoms with Crippen LogP contribution in [0.4, 0.5) is 0 Å². The zero-order valence-corrected chi connectivity index (χ0v) is 25.0. The van der Waals surface area contributed by atoms with Crippen molar-refractivity contribution in [2.24, 2.45) is 0 Å². The van der Waals surface area contributed by atoms with Gasteiger partial charge in [0.05, 0.1) is 0 Å². The summed E-state index contributed by atoms with van der Waals surface area (Å²) in [7, 11) is 0. The minimum atomic E-state index is 0.382. The summed E-state index contributed by atoms with van der Waals surface area (Å²) in [5.41, 5.74) is 0.382. The Balaban J connectivity index is 3.93. The van der Waals surface area contributed by atoms with Crippen molar-refractivity contribution < 1.29 is 0 Å². The maximum atomic E-state index is 2.87. The molecule has 0 aromatic rings. The molecule has 0 fully saturated rings. The molecule has 0 bridgehead atoms. The van der Waals surface area contributed by atoms with Crippen LogP contribution >= 0.6 is 0 Å². The molecule has 0 spiro atoms. The van der Waals surface area contributed by atoms with E-state index in [0.717, 1.165) is 0 Å². The Labute approximate surface area is 218 Å². The summed E-state index contributed by atoms with van der Waals surface area (Å²) in [4.78, 5) is 2.87. The maximum Gasteiger partial charge on any atom is 0.0153 e. The highest BCUT2D eigenvalue weighted by Gasteiger charge is 2.25. The van der Waals surface area contributed by atoms with Gasteiger partial charge in [0.15, 0.2) is 0 Å². The molecule has 34 heavy (non-hydrogen) atoms. The van der Waals surface area contributed by atoms with E-state index in [1.165, 1.54) is 174 Å². The van der Waals surface area contributed by atoms with Gasteiger partial charge in [0, 0.05) is 5.54 Å². The van der Waals surface area contributed by atoms with E-state index in [1.54, 1.807) is 0 Å². The van der Waals surface area contributed by atoms with Gasteiger partial charge in [-0.2, -0.15) is 0 Å². The summed E-state index contributed by atoms with van der Waals surface area (Å²) in [5.74, 6) is 0. The van der Waals surface area contributed by atoms with Gasteiger partial charge in [-0.15, -0.1) is 0 Å². The predicted octanol–water partition coefficient (Wildman–Crippen LogP) is 11.9. The Bertz CT molecular complexity index is 349. The number of hydrogen-bond donors (Lipinski definition) is 0. The summed E-state index contributed by atoms with van der Waals surface area (Å²) in [6.07, 6.45) is 35.9. The van der Waals surface area contributed by atoms with Crippen molar-refractivity contribution in [1.29, 1.82) is 0 Å². The molecule has 1 nitrogen and oxygen atoms in total. The third-order valence-electron chi connectivity index (χ3n) is 8.06. The zero-order chi connectivity index (χ0) is 25.2. The van der Waals surface area contributed by atoms with E-state index >= 15 is 0 Å². The predicted molar refractivity (Wildman–Crippen MR) is 158 cm³/mol. The van der Waals surface area contributed by atoms with Crippen LogP contribution < -0.4 is 0 Å². The molecule has 0 amide bonds. The molecule has 1 heteroatoms. The Kier molecular flexibility index (Phi) is 26.0. The van der Waals surface area contributed by atoms with Crippen molar-refractivity contribution in [1.82, 2.24) is 4.90 Å². The van der Waals surface area contributed by atoms with Crippen LogP contribution in [0.25, 0.3) is 0 Å².